The van der Waals surface area contributed by atoms with Crippen molar-refractivity contribution < 1.29 is 0 Å². The number of fused-ring (bicyclic) bond motifs is 1. The number of pyridine rings is 1. The molecule has 118 valence electrons. The highest BCUT2D eigenvalue weighted by molar-refractivity contribution is 5.76. The standard InChI is InChI=1S/C16H19N7/c1-11-5-13-14(7-19-11)23(10-20-13)16-9-18-8-15(22-16)21-12-3-2-4-17-6-12/h5,7-10,12,17H,2-4,6H2,1H3,(H,21,22)/t12-/m1/s1. The summed E-state index contributed by atoms with van der Waals surface area (Å²) in [6.07, 6.45) is 9.43. The molecule has 0 saturated carbocycles. The number of hydrogen-bond donors (Lipinski definition) is 2. The molecular weight excluding hydrogens is 290 g/mol. The van der Waals surface area contributed by atoms with Gasteiger partial charge in [0.25, 0.3) is 0 Å². The van der Waals surface area contributed by atoms with E-state index in [9.17, 15) is 0 Å². The number of nitrogens with zero attached hydrogens (tertiary/aromatic N) is 5. The quantitative estimate of drug-likeness (QED) is 0.766. The molecule has 4 rings (SSSR count). The third kappa shape index (κ3) is 2.87. The number of piperidine rings is 1. The molecule has 0 aromatic carbocycles. The molecular formula is C16H19N7. The number of imidazole rings is 1. The summed E-state index contributed by atoms with van der Waals surface area (Å²) < 4.78 is 1.92. The van der Waals surface area contributed by atoms with Crippen molar-refractivity contribution in [2.75, 3.05) is 18.4 Å². The van der Waals surface area contributed by atoms with Crippen LogP contribution in [0, 0.1) is 6.92 Å². The summed E-state index contributed by atoms with van der Waals surface area (Å²) in [6, 6.07) is 2.37. The van der Waals surface area contributed by atoms with Crippen LogP contribution < -0.4 is 10.6 Å². The van der Waals surface area contributed by atoms with Crippen LogP contribution in [0.15, 0.2) is 31.0 Å². The van der Waals surface area contributed by atoms with Gasteiger partial charge in [0.15, 0.2) is 5.82 Å². The third-order valence-electron chi connectivity index (χ3n) is 4.09. The maximum Gasteiger partial charge on any atom is 0.159 e. The van der Waals surface area contributed by atoms with Crippen molar-refractivity contribution in [2.45, 2.75) is 25.8 Å². The van der Waals surface area contributed by atoms with Gasteiger partial charge in [-0.2, -0.15) is 0 Å². The Balaban J connectivity index is 1.64. The first-order valence-corrected chi connectivity index (χ1v) is 7.89. The fourth-order valence-corrected chi connectivity index (χ4v) is 2.92. The maximum absolute atomic E-state index is 4.68. The summed E-state index contributed by atoms with van der Waals surface area (Å²) in [5, 5.41) is 6.85. The van der Waals surface area contributed by atoms with Crippen LogP contribution in [0.2, 0.25) is 0 Å². The van der Waals surface area contributed by atoms with Gasteiger partial charge >= 0.3 is 0 Å². The third-order valence-corrected chi connectivity index (χ3v) is 4.09. The zero-order valence-corrected chi connectivity index (χ0v) is 13.0. The first-order chi connectivity index (χ1) is 11.3. The number of nitrogens with one attached hydrogen (secondary N) is 2. The molecule has 0 unspecified atom stereocenters. The Hall–Kier alpha value is -2.54. The first-order valence-electron chi connectivity index (χ1n) is 7.89. The minimum atomic E-state index is 0.400. The minimum absolute atomic E-state index is 0.400. The van der Waals surface area contributed by atoms with Gasteiger partial charge in [-0.15, -0.1) is 0 Å². The van der Waals surface area contributed by atoms with Crippen LogP contribution in [-0.4, -0.2) is 43.6 Å². The van der Waals surface area contributed by atoms with Gasteiger partial charge in [-0.05, 0) is 32.4 Å². The van der Waals surface area contributed by atoms with E-state index in [1.165, 1.54) is 6.42 Å². The Morgan fingerprint density at radius 1 is 1.26 bits per heavy atom. The van der Waals surface area contributed by atoms with E-state index in [2.05, 4.69) is 30.6 Å². The highest BCUT2D eigenvalue weighted by Crippen LogP contribution is 2.18. The van der Waals surface area contributed by atoms with Gasteiger partial charge < -0.3 is 10.6 Å². The lowest BCUT2D eigenvalue weighted by atomic mass is 10.1. The van der Waals surface area contributed by atoms with Crippen molar-refractivity contribution in [3.05, 3.63) is 36.7 Å². The molecule has 0 spiro atoms. The monoisotopic (exact) mass is 309 g/mol. The van der Waals surface area contributed by atoms with E-state index in [0.717, 1.165) is 47.9 Å². The van der Waals surface area contributed by atoms with E-state index in [-0.39, 0.29) is 0 Å². The van der Waals surface area contributed by atoms with Gasteiger partial charge in [0.05, 0.1) is 29.6 Å². The lowest BCUT2D eigenvalue weighted by Gasteiger charge is -2.24. The Labute approximate surface area is 134 Å². The van der Waals surface area contributed by atoms with E-state index in [1.807, 2.05) is 23.8 Å². The SMILES string of the molecule is Cc1cc2ncn(-c3cncc(N[C@@H]4CCCNC4)n3)c2cn1. The van der Waals surface area contributed by atoms with E-state index >= 15 is 0 Å². The molecule has 0 amide bonds. The molecule has 0 radical (unpaired) electrons. The number of rotatable bonds is 3. The molecule has 3 aromatic rings. The maximum atomic E-state index is 4.68. The molecule has 0 aliphatic carbocycles. The van der Waals surface area contributed by atoms with Crippen LogP contribution in [0.4, 0.5) is 5.82 Å². The minimum Gasteiger partial charge on any atom is -0.365 e. The second-order valence-corrected chi connectivity index (χ2v) is 5.88. The molecule has 0 bridgehead atoms. The van der Waals surface area contributed by atoms with Crippen LogP contribution in [0.25, 0.3) is 16.9 Å². The average Bonchev–Trinajstić information content (AvgIpc) is 2.99. The van der Waals surface area contributed by atoms with E-state index in [1.54, 1.807) is 18.7 Å². The van der Waals surface area contributed by atoms with Gasteiger partial charge in [-0.1, -0.05) is 0 Å². The second kappa shape index (κ2) is 5.92. The number of aryl methyl sites for hydroxylation is 1. The van der Waals surface area contributed by atoms with Crippen LogP contribution in [0.1, 0.15) is 18.5 Å². The molecule has 1 aliphatic heterocycles. The first kappa shape index (κ1) is 14.1. The van der Waals surface area contributed by atoms with Gasteiger partial charge in [0.2, 0.25) is 0 Å². The predicted octanol–water partition coefficient (Wildman–Crippen LogP) is 1.68. The molecule has 1 fully saturated rings. The van der Waals surface area contributed by atoms with Gasteiger partial charge in [-0.25, -0.2) is 9.97 Å². The zero-order chi connectivity index (χ0) is 15.6. The number of anilines is 1. The summed E-state index contributed by atoms with van der Waals surface area (Å²) in [5.74, 6) is 1.53. The van der Waals surface area contributed by atoms with E-state index in [0.29, 0.717) is 6.04 Å². The summed E-state index contributed by atoms with van der Waals surface area (Å²) in [6.45, 7) is 4.02. The average molecular weight is 309 g/mol. The highest BCUT2D eigenvalue weighted by atomic mass is 15.2. The summed E-state index contributed by atoms with van der Waals surface area (Å²) >= 11 is 0. The van der Waals surface area contributed by atoms with Gasteiger partial charge in [-0.3, -0.25) is 14.5 Å². The van der Waals surface area contributed by atoms with Crippen LogP contribution >= 0.6 is 0 Å². The molecule has 1 saturated heterocycles. The van der Waals surface area contributed by atoms with Crippen LogP contribution in [-0.2, 0) is 0 Å². The smallest absolute Gasteiger partial charge is 0.159 e. The Morgan fingerprint density at radius 3 is 3.09 bits per heavy atom. The van der Waals surface area contributed by atoms with E-state index in [4.69, 9.17) is 0 Å². The number of hydrogen-bond acceptors (Lipinski definition) is 6. The Morgan fingerprint density at radius 2 is 2.22 bits per heavy atom. The summed E-state index contributed by atoms with van der Waals surface area (Å²) in [7, 11) is 0. The largest absolute Gasteiger partial charge is 0.365 e. The van der Waals surface area contributed by atoms with Crippen molar-refractivity contribution in [1.29, 1.82) is 0 Å². The fourth-order valence-electron chi connectivity index (χ4n) is 2.92. The Kier molecular flexibility index (Phi) is 3.63. The van der Waals surface area contributed by atoms with Gasteiger partial charge in [0, 0.05) is 18.3 Å². The topological polar surface area (TPSA) is 80.5 Å². The summed E-state index contributed by atoms with van der Waals surface area (Å²) in [5.41, 5.74) is 2.80. The predicted molar refractivity (Wildman–Crippen MR) is 88.7 cm³/mol. The second-order valence-electron chi connectivity index (χ2n) is 5.88. The van der Waals surface area contributed by atoms with Crippen molar-refractivity contribution >= 4 is 16.9 Å². The lowest BCUT2D eigenvalue weighted by Crippen LogP contribution is -2.38. The van der Waals surface area contributed by atoms with Crippen molar-refractivity contribution in [1.82, 2.24) is 29.8 Å². The zero-order valence-electron chi connectivity index (χ0n) is 13.0. The lowest BCUT2D eigenvalue weighted by molar-refractivity contribution is 0.479. The van der Waals surface area contributed by atoms with Crippen molar-refractivity contribution in [3.63, 3.8) is 0 Å². The normalized spacial score (nSPS) is 18.2. The van der Waals surface area contributed by atoms with Gasteiger partial charge in [0.1, 0.15) is 12.1 Å². The van der Waals surface area contributed by atoms with Crippen molar-refractivity contribution in [2.24, 2.45) is 0 Å². The summed E-state index contributed by atoms with van der Waals surface area (Å²) in [4.78, 5) is 17.8. The molecule has 7 nitrogen and oxygen atoms in total. The molecule has 2 N–H and O–H groups in total. The molecule has 7 heteroatoms. The number of aromatic nitrogens is 5. The molecule has 23 heavy (non-hydrogen) atoms. The van der Waals surface area contributed by atoms with E-state index < -0.39 is 0 Å². The van der Waals surface area contributed by atoms with Crippen LogP contribution in [0.3, 0.4) is 0 Å². The van der Waals surface area contributed by atoms with Crippen LogP contribution in [0.5, 0.6) is 0 Å². The molecule has 1 aliphatic rings. The fraction of sp³-hybridized carbons (Fsp3) is 0.375. The highest BCUT2D eigenvalue weighted by Gasteiger charge is 2.14. The Bertz CT molecular complexity index is 820. The molecule has 3 aromatic heterocycles. The van der Waals surface area contributed by atoms with Crippen molar-refractivity contribution in [3.8, 4) is 5.82 Å². The molecule has 4 heterocycles. The molecule has 1 atom stereocenters.